The Morgan fingerprint density at radius 2 is 1.81 bits per heavy atom. The van der Waals surface area contributed by atoms with Crippen molar-refractivity contribution in [3.05, 3.63) is 65.2 Å². The summed E-state index contributed by atoms with van der Waals surface area (Å²) in [6, 6.07) is 12.5. The zero-order valence-electron chi connectivity index (χ0n) is 20.8. The second kappa shape index (κ2) is 9.42. The van der Waals surface area contributed by atoms with E-state index >= 15 is 0 Å². The van der Waals surface area contributed by atoms with Gasteiger partial charge in [-0.1, -0.05) is 24.3 Å². The van der Waals surface area contributed by atoms with Crippen LogP contribution < -0.4 is 15.2 Å². The number of nitrogens with two attached hydrogens (primary N) is 1. The summed E-state index contributed by atoms with van der Waals surface area (Å²) in [5, 5.41) is 9.25. The molecule has 1 atom stereocenters. The van der Waals surface area contributed by atoms with Gasteiger partial charge in [-0.2, -0.15) is 4.98 Å². The summed E-state index contributed by atoms with van der Waals surface area (Å²) in [6.07, 6.45) is 4.65. The van der Waals surface area contributed by atoms with Gasteiger partial charge in [-0.25, -0.2) is 22.9 Å². The Kier molecular flexibility index (Phi) is 6.41. The number of carboxylic acids is 1. The van der Waals surface area contributed by atoms with E-state index in [4.69, 9.17) is 10.5 Å². The van der Waals surface area contributed by atoms with Crippen LogP contribution in [0.3, 0.4) is 0 Å². The molecular weight excluding hydrogens is 492 g/mol. The van der Waals surface area contributed by atoms with Crippen LogP contribution in [0.4, 0.5) is 5.95 Å². The van der Waals surface area contributed by atoms with Crippen LogP contribution in [0.2, 0.25) is 0 Å². The molecule has 0 saturated heterocycles. The van der Waals surface area contributed by atoms with Gasteiger partial charge in [0.15, 0.2) is 0 Å². The third kappa shape index (κ3) is 5.17. The Balaban J connectivity index is 1.44. The first-order chi connectivity index (χ1) is 17.5. The van der Waals surface area contributed by atoms with Crippen molar-refractivity contribution in [3.8, 4) is 17.1 Å². The van der Waals surface area contributed by atoms with E-state index in [1.807, 2.05) is 32.0 Å². The van der Waals surface area contributed by atoms with E-state index in [0.717, 1.165) is 35.1 Å². The summed E-state index contributed by atoms with van der Waals surface area (Å²) in [7, 11) is -4.17. The molecule has 2 bridgehead atoms. The van der Waals surface area contributed by atoms with Gasteiger partial charge < -0.3 is 15.6 Å². The van der Waals surface area contributed by atoms with Gasteiger partial charge in [0.05, 0.1) is 16.2 Å². The first-order valence-corrected chi connectivity index (χ1v) is 13.7. The number of anilines is 1. The number of aromatic carboxylic acids is 1. The van der Waals surface area contributed by atoms with Gasteiger partial charge in [0.2, 0.25) is 11.8 Å². The van der Waals surface area contributed by atoms with Crippen molar-refractivity contribution in [2.75, 3.05) is 11.3 Å². The van der Waals surface area contributed by atoms with Crippen molar-refractivity contribution in [1.29, 1.82) is 0 Å². The van der Waals surface area contributed by atoms with Gasteiger partial charge in [-0.15, -0.1) is 0 Å². The standard InChI is InChI=1S/C27H30N4O5S/c1-16-5-3-6-17(2)24(16)22-10-23(36-15-20(28)14-27-11-18(12-27)13-27)30-26(29-22)31-37(34,35)21-8-4-7-19(9-21)25(32)33/h3-10,18,20H,11-15,28H2,1-2H3,(H,32,33)(H,29,30,31)/t18?,20-,27?/m1/s1. The number of nitrogens with zero attached hydrogens (tertiary/aromatic N) is 2. The fourth-order valence-electron chi connectivity index (χ4n) is 5.58. The van der Waals surface area contributed by atoms with Crippen LogP contribution in [0.1, 0.15) is 47.2 Å². The fraction of sp³-hybridized carbons (Fsp3) is 0.370. The zero-order valence-corrected chi connectivity index (χ0v) is 21.6. The maximum atomic E-state index is 13.1. The first-order valence-electron chi connectivity index (χ1n) is 12.2. The Morgan fingerprint density at radius 3 is 2.43 bits per heavy atom. The van der Waals surface area contributed by atoms with Crippen molar-refractivity contribution in [2.24, 2.45) is 17.1 Å². The molecule has 3 fully saturated rings. The number of carbonyl (C=O) groups is 1. The maximum Gasteiger partial charge on any atom is 0.335 e. The lowest BCUT2D eigenvalue weighted by atomic mass is 9.43. The van der Waals surface area contributed by atoms with E-state index in [0.29, 0.717) is 11.1 Å². The number of rotatable bonds is 10. The lowest BCUT2D eigenvalue weighted by molar-refractivity contribution is -0.117. The third-order valence-electron chi connectivity index (χ3n) is 7.36. The third-order valence-corrected chi connectivity index (χ3v) is 8.69. The molecule has 4 N–H and O–H groups in total. The van der Waals surface area contributed by atoms with Crippen LogP contribution in [0.15, 0.2) is 53.4 Å². The van der Waals surface area contributed by atoms with E-state index < -0.39 is 16.0 Å². The number of hydrogen-bond acceptors (Lipinski definition) is 7. The molecule has 0 amide bonds. The van der Waals surface area contributed by atoms with E-state index in [-0.39, 0.29) is 34.9 Å². The van der Waals surface area contributed by atoms with Gasteiger partial charge in [-0.3, -0.25) is 0 Å². The van der Waals surface area contributed by atoms with Crippen LogP contribution in [0.25, 0.3) is 11.3 Å². The molecular formula is C27H30N4O5S. The largest absolute Gasteiger partial charge is 0.478 e. The molecule has 0 aliphatic heterocycles. The van der Waals surface area contributed by atoms with Crippen molar-refractivity contribution in [3.63, 3.8) is 0 Å². The van der Waals surface area contributed by atoms with Crippen molar-refractivity contribution in [2.45, 2.75) is 50.5 Å². The predicted molar refractivity (Wildman–Crippen MR) is 139 cm³/mol. The topological polar surface area (TPSA) is 144 Å². The van der Waals surface area contributed by atoms with Gasteiger partial charge in [0, 0.05) is 17.7 Å². The highest BCUT2D eigenvalue weighted by atomic mass is 32.2. The molecule has 37 heavy (non-hydrogen) atoms. The van der Waals surface area contributed by atoms with E-state index in [9.17, 15) is 18.3 Å². The minimum absolute atomic E-state index is 0.144. The highest BCUT2D eigenvalue weighted by Gasteiger charge is 2.56. The average molecular weight is 523 g/mol. The first kappa shape index (κ1) is 25.2. The summed E-state index contributed by atoms with van der Waals surface area (Å²) in [6.45, 7) is 4.15. The Morgan fingerprint density at radius 1 is 1.14 bits per heavy atom. The predicted octanol–water partition coefficient (Wildman–Crippen LogP) is 4.16. The summed E-state index contributed by atoms with van der Waals surface area (Å²) in [5.41, 5.74) is 9.89. The summed E-state index contributed by atoms with van der Waals surface area (Å²) in [4.78, 5) is 19.9. The number of ether oxygens (including phenoxy) is 1. The molecule has 194 valence electrons. The SMILES string of the molecule is Cc1cccc(C)c1-c1cc(OC[C@H](N)CC23CC(C2)C3)nc(NS(=O)(=O)c2cccc(C(=O)O)c2)n1. The van der Waals surface area contributed by atoms with Crippen LogP contribution in [-0.2, 0) is 10.0 Å². The number of carboxylic acid groups (broad SMARTS) is 1. The van der Waals surface area contributed by atoms with Gasteiger partial charge in [0.1, 0.15) is 6.61 Å². The highest BCUT2D eigenvalue weighted by Crippen LogP contribution is 2.66. The van der Waals surface area contributed by atoms with E-state index in [1.165, 1.54) is 37.5 Å². The number of nitrogens with one attached hydrogen (secondary N) is 1. The van der Waals surface area contributed by atoms with Crippen molar-refractivity contribution >= 4 is 21.9 Å². The highest BCUT2D eigenvalue weighted by molar-refractivity contribution is 7.92. The van der Waals surface area contributed by atoms with Gasteiger partial charge in [0.25, 0.3) is 10.0 Å². The molecule has 1 heterocycles. The minimum Gasteiger partial charge on any atom is -0.478 e. The van der Waals surface area contributed by atoms with Crippen LogP contribution in [0, 0.1) is 25.2 Å². The molecule has 1 aromatic heterocycles. The van der Waals surface area contributed by atoms with Crippen molar-refractivity contribution < 1.29 is 23.1 Å². The molecule has 0 radical (unpaired) electrons. The second-order valence-electron chi connectivity index (χ2n) is 10.4. The summed E-state index contributed by atoms with van der Waals surface area (Å²) < 4.78 is 34.5. The van der Waals surface area contributed by atoms with Gasteiger partial charge >= 0.3 is 5.97 Å². The monoisotopic (exact) mass is 522 g/mol. The Hall–Kier alpha value is -3.50. The number of aromatic nitrogens is 2. The molecule has 3 saturated carbocycles. The lowest BCUT2D eigenvalue weighted by Crippen LogP contribution is -2.54. The molecule has 0 unspecified atom stereocenters. The zero-order chi connectivity index (χ0) is 26.4. The molecule has 6 rings (SSSR count). The van der Waals surface area contributed by atoms with Crippen LogP contribution >= 0.6 is 0 Å². The minimum atomic E-state index is -4.17. The molecule has 0 spiro atoms. The van der Waals surface area contributed by atoms with E-state index in [1.54, 1.807) is 6.07 Å². The number of aryl methyl sites for hydroxylation is 2. The molecule has 2 aromatic carbocycles. The van der Waals surface area contributed by atoms with Crippen LogP contribution in [-0.4, -0.2) is 42.1 Å². The molecule has 3 aromatic rings. The fourth-order valence-corrected chi connectivity index (χ4v) is 6.57. The molecule has 3 aliphatic carbocycles. The Labute approximate surface area is 216 Å². The molecule has 9 nitrogen and oxygen atoms in total. The summed E-state index contributed by atoms with van der Waals surface area (Å²) in [5.74, 6) is -0.320. The van der Waals surface area contributed by atoms with Crippen LogP contribution in [0.5, 0.6) is 5.88 Å². The number of sulfonamides is 1. The molecule has 10 heteroatoms. The van der Waals surface area contributed by atoms with E-state index in [2.05, 4.69) is 14.7 Å². The summed E-state index contributed by atoms with van der Waals surface area (Å²) >= 11 is 0. The smallest absolute Gasteiger partial charge is 0.335 e. The number of benzene rings is 2. The van der Waals surface area contributed by atoms with Gasteiger partial charge in [-0.05, 0) is 80.2 Å². The number of hydrogen-bond donors (Lipinski definition) is 3. The quantitative estimate of drug-likeness (QED) is 0.360. The lowest BCUT2D eigenvalue weighted by Gasteiger charge is -2.63. The molecule has 3 aliphatic rings. The second-order valence-corrected chi connectivity index (χ2v) is 12.1. The van der Waals surface area contributed by atoms with Crippen molar-refractivity contribution in [1.82, 2.24) is 9.97 Å². The maximum absolute atomic E-state index is 13.1. The Bertz CT molecular complexity index is 1440. The normalized spacial score (nSPS) is 20.9. The average Bonchev–Trinajstić information content (AvgIpc) is 2.79.